The molecule has 0 spiro atoms. The Morgan fingerprint density at radius 1 is 1.14 bits per heavy atom. The molecule has 13 heteroatoms. The third kappa shape index (κ3) is 7.08. The number of hydrogen-bond acceptors (Lipinski definition) is 8. The SMILES string of the molecule is CCc1cc(C(F)(F)F)c(-c2cc3c(o2)CCN(S(C)(=O)=O)C3)nc1Nc1ccc(OCCN2CCC(O)CC2)cc1. The van der Waals surface area contributed by atoms with Gasteiger partial charge in [0.1, 0.15) is 29.6 Å². The number of aliphatic hydroxyl groups excluding tert-OH is 1. The van der Waals surface area contributed by atoms with Gasteiger partial charge in [-0.1, -0.05) is 6.92 Å². The molecule has 1 fully saturated rings. The molecule has 42 heavy (non-hydrogen) atoms. The monoisotopic (exact) mass is 608 g/mol. The van der Waals surface area contributed by atoms with Crippen LogP contribution >= 0.6 is 0 Å². The Balaban J connectivity index is 1.35. The number of ether oxygens (including phenoxy) is 1. The summed E-state index contributed by atoms with van der Waals surface area (Å²) >= 11 is 0. The number of aliphatic hydroxyl groups is 1. The van der Waals surface area contributed by atoms with Crippen molar-refractivity contribution in [1.29, 1.82) is 0 Å². The van der Waals surface area contributed by atoms with Crippen molar-refractivity contribution in [1.82, 2.24) is 14.2 Å². The molecule has 0 atom stereocenters. The molecule has 2 aliphatic heterocycles. The van der Waals surface area contributed by atoms with Crippen molar-refractivity contribution in [3.05, 3.63) is 58.8 Å². The smallest absolute Gasteiger partial charge is 0.418 e. The number of alkyl halides is 3. The van der Waals surface area contributed by atoms with Gasteiger partial charge in [0.2, 0.25) is 10.0 Å². The molecule has 228 valence electrons. The predicted molar refractivity (Wildman–Crippen MR) is 152 cm³/mol. The first-order valence-corrected chi connectivity index (χ1v) is 15.8. The number of pyridine rings is 1. The van der Waals surface area contributed by atoms with E-state index < -0.39 is 21.8 Å². The summed E-state index contributed by atoms with van der Waals surface area (Å²) in [6.07, 6.45) is -1.69. The predicted octanol–water partition coefficient (Wildman–Crippen LogP) is 4.82. The Morgan fingerprint density at radius 2 is 1.86 bits per heavy atom. The molecule has 2 N–H and O–H groups in total. The largest absolute Gasteiger partial charge is 0.492 e. The van der Waals surface area contributed by atoms with Crippen LogP contribution in [-0.2, 0) is 35.6 Å². The van der Waals surface area contributed by atoms with Gasteiger partial charge in [0.25, 0.3) is 0 Å². The van der Waals surface area contributed by atoms with Gasteiger partial charge >= 0.3 is 6.18 Å². The van der Waals surface area contributed by atoms with E-state index in [0.717, 1.165) is 44.8 Å². The van der Waals surface area contributed by atoms with Gasteiger partial charge in [-0.3, -0.25) is 4.90 Å². The number of anilines is 2. The highest BCUT2D eigenvalue weighted by Gasteiger charge is 2.37. The molecule has 2 aliphatic rings. The summed E-state index contributed by atoms with van der Waals surface area (Å²) in [6, 6.07) is 9.66. The van der Waals surface area contributed by atoms with Crippen LogP contribution in [0.3, 0.4) is 0 Å². The summed E-state index contributed by atoms with van der Waals surface area (Å²) < 4.78 is 79.5. The molecule has 0 amide bonds. The summed E-state index contributed by atoms with van der Waals surface area (Å²) in [4.78, 5) is 6.65. The fourth-order valence-electron chi connectivity index (χ4n) is 5.25. The van der Waals surface area contributed by atoms with Crippen molar-refractivity contribution in [3.63, 3.8) is 0 Å². The van der Waals surface area contributed by atoms with E-state index in [-0.39, 0.29) is 42.9 Å². The molecule has 1 aromatic carbocycles. The Labute approximate surface area is 243 Å². The quantitative estimate of drug-likeness (QED) is 0.356. The van der Waals surface area contributed by atoms with Gasteiger partial charge in [-0.05, 0) is 61.2 Å². The van der Waals surface area contributed by atoms with Crippen LogP contribution in [0.5, 0.6) is 5.75 Å². The standard InChI is InChI=1S/C29H35F3N4O5S/c1-3-19-16-24(29(30,31)32)27(26-17-20-18-36(42(2,38)39)13-10-25(20)41-26)34-28(19)33-21-4-6-23(7-5-21)40-15-14-35-11-8-22(37)9-12-35/h4-7,16-17,22,37H,3,8-15,18H2,1-2H3,(H,33,34). The number of likely N-dealkylation sites (tertiary alicyclic amines) is 1. The third-order valence-corrected chi connectivity index (χ3v) is 8.92. The molecule has 3 aromatic rings. The van der Waals surface area contributed by atoms with E-state index in [1.54, 1.807) is 31.2 Å². The summed E-state index contributed by atoms with van der Waals surface area (Å²) in [7, 11) is -3.45. The highest BCUT2D eigenvalue weighted by molar-refractivity contribution is 7.88. The highest BCUT2D eigenvalue weighted by Crippen LogP contribution is 2.41. The Hall–Kier alpha value is -3.13. The average molecular weight is 609 g/mol. The highest BCUT2D eigenvalue weighted by atomic mass is 32.2. The van der Waals surface area contributed by atoms with E-state index in [2.05, 4.69) is 15.2 Å². The summed E-state index contributed by atoms with van der Waals surface area (Å²) in [6.45, 7) is 4.93. The second-order valence-corrected chi connectivity index (χ2v) is 12.7. The number of hydrogen-bond donors (Lipinski definition) is 2. The molecule has 4 heterocycles. The molecule has 0 radical (unpaired) electrons. The number of nitrogens with zero attached hydrogens (tertiary/aromatic N) is 3. The van der Waals surface area contributed by atoms with Crippen LogP contribution in [-0.4, -0.2) is 72.9 Å². The number of aryl methyl sites for hydroxylation is 1. The average Bonchev–Trinajstić information content (AvgIpc) is 3.37. The lowest BCUT2D eigenvalue weighted by Gasteiger charge is -2.29. The van der Waals surface area contributed by atoms with Crippen LogP contribution in [0.4, 0.5) is 24.7 Å². The third-order valence-electron chi connectivity index (χ3n) is 7.67. The van der Waals surface area contributed by atoms with Crippen molar-refractivity contribution in [2.75, 3.05) is 44.4 Å². The zero-order valence-corrected chi connectivity index (χ0v) is 24.4. The van der Waals surface area contributed by atoms with Gasteiger partial charge in [-0.2, -0.15) is 17.5 Å². The second-order valence-electron chi connectivity index (χ2n) is 10.7. The van der Waals surface area contributed by atoms with E-state index >= 15 is 0 Å². The fraction of sp³-hybridized carbons (Fsp3) is 0.483. The fourth-order valence-corrected chi connectivity index (χ4v) is 6.05. The maximum atomic E-state index is 14.2. The van der Waals surface area contributed by atoms with Gasteiger partial charge in [0.05, 0.1) is 17.9 Å². The van der Waals surface area contributed by atoms with E-state index in [1.807, 2.05) is 0 Å². The van der Waals surface area contributed by atoms with Crippen LogP contribution < -0.4 is 10.1 Å². The van der Waals surface area contributed by atoms with Crippen molar-refractivity contribution in [3.8, 4) is 17.2 Å². The molecule has 1 saturated heterocycles. The molecule has 0 aliphatic carbocycles. The molecule has 0 unspecified atom stereocenters. The number of furan rings is 1. The first-order valence-electron chi connectivity index (χ1n) is 14.0. The number of fused-ring (bicyclic) bond motifs is 1. The number of nitrogens with one attached hydrogen (secondary N) is 1. The minimum Gasteiger partial charge on any atom is -0.492 e. The molecular formula is C29H35F3N4O5S. The molecule has 0 bridgehead atoms. The zero-order chi connectivity index (χ0) is 30.1. The Kier molecular flexibility index (Phi) is 8.83. The van der Waals surface area contributed by atoms with Crippen LogP contribution in [0.2, 0.25) is 0 Å². The number of benzene rings is 1. The molecule has 9 nitrogen and oxygen atoms in total. The lowest BCUT2D eigenvalue weighted by atomic mass is 10.0. The number of halogens is 3. The van der Waals surface area contributed by atoms with Crippen molar-refractivity contribution >= 4 is 21.5 Å². The second kappa shape index (κ2) is 12.2. The Bertz CT molecular complexity index is 1500. The normalized spacial score (nSPS) is 17.3. The van der Waals surface area contributed by atoms with Gasteiger partial charge in [0, 0.05) is 50.4 Å². The van der Waals surface area contributed by atoms with Crippen LogP contribution in [0, 0.1) is 0 Å². The van der Waals surface area contributed by atoms with Gasteiger partial charge in [-0.15, -0.1) is 0 Å². The summed E-state index contributed by atoms with van der Waals surface area (Å²) in [5.41, 5.74) is 0.273. The topological polar surface area (TPSA) is 108 Å². The Morgan fingerprint density at radius 3 is 2.50 bits per heavy atom. The number of sulfonamides is 1. The van der Waals surface area contributed by atoms with Crippen LogP contribution in [0.1, 0.15) is 42.2 Å². The minimum absolute atomic E-state index is 0.0345. The first-order chi connectivity index (χ1) is 19.9. The van der Waals surface area contributed by atoms with E-state index in [9.17, 15) is 26.7 Å². The van der Waals surface area contributed by atoms with Crippen LogP contribution in [0.15, 0.2) is 40.8 Å². The zero-order valence-electron chi connectivity index (χ0n) is 23.6. The van der Waals surface area contributed by atoms with Gasteiger partial charge in [-0.25, -0.2) is 13.4 Å². The molecular weight excluding hydrogens is 573 g/mol. The van der Waals surface area contributed by atoms with E-state index in [1.165, 1.54) is 10.4 Å². The maximum absolute atomic E-state index is 14.2. The maximum Gasteiger partial charge on any atom is 0.418 e. The van der Waals surface area contributed by atoms with Gasteiger partial charge < -0.3 is 19.6 Å². The summed E-state index contributed by atoms with van der Waals surface area (Å²) in [5, 5.41) is 12.8. The summed E-state index contributed by atoms with van der Waals surface area (Å²) in [5.74, 6) is 1.34. The van der Waals surface area contributed by atoms with Crippen molar-refractivity contribution in [2.24, 2.45) is 0 Å². The minimum atomic E-state index is -4.68. The lowest BCUT2D eigenvalue weighted by Crippen LogP contribution is -2.38. The first kappa shape index (κ1) is 30.3. The number of piperidine rings is 1. The van der Waals surface area contributed by atoms with Gasteiger partial charge in [0.15, 0.2) is 5.76 Å². The number of aromatic nitrogens is 1. The number of rotatable bonds is 9. The molecule has 5 rings (SSSR count). The van der Waals surface area contributed by atoms with Crippen molar-refractivity contribution < 1.29 is 35.8 Å². The lowest BCUT2D eigenvalue weighted by molar-refractivity contribution is -0.137. The van der Waals surface area contributed by atoms with Crippen LogP contribution in [0.25, 0.3) is 11.5 Å². The molecule has 2 aromatic heterocycles. The van der Waals surface area contributed by atoms with E-state index in [4.69, 9.17) is 9.15 Å². The molecule has 0 saturated carbocycles. The van der Waals surface area contributed by atoms with Crippen molar-refractivity contribution in [2.45, 2.75) is 51.4 Å². The van der Waals surface area contributed by atoms with E-state index in [0.29, 0.717) is 41.4 Å².